The Morgan fingerprint density at radius 1 is 0.591 bits per heavy atom. The van der Waals surface area contributed by atoms with Crippen molar-refractivity contribution in [2.24, 2.45) is 0 Å². The van der Waals surface area contributed by atoms with Gasteiger partial charge in [-0.2, -0.15) is 0 Å². The first-order chi connectivity index (χ1) is 32.0. The van der Waals surface area contributed by atoms with Gasteiger partial charge in [-0.05, 0) is 90.9 Å². The van der Waals surface area contributed by atoms with Crippen LogP contribution in [0, 0.1) is 41.8 Å². The second kappa shape index (κ2) is 20.1. The van der Waals surface area contributed by atoms with Gasteiger partial charge in [0.05, 0.1) is 57.5 Å². The van der Waals surface area contributed by atoms with E-state index in [9.17, 15) is 26.3 Å². The summed E-state index contributed by atoms with van der Waals surface area (Å²) in [4.78, 5) is 5.66. The van der Waals surface area contributed by atoms with Gasteiger partial charge in [0.1, 0.15) is 28.1 Å². The smallest absolute Gasteiger partial charge is 0.316 e. The van der Waals surface area contributed by atoms with Gasteiger partial charge in [0, 0.05) is 11.4 Å². The lowest BCUT2D eigenvalue weighted by Gasteiger charge is -2.13. The minimum Gasteiger partial charge on any atom is -0.403 e. The monoisotopic (exact) mass is 942 g/mol. The molecule has 9 rings (SSSR count). The molecule has 0 aliphatic heterocycles. The van der Waals surface area contributed by atoms with E-state index in [4.69, 9.17) is 13.4 Å². The first-order valence-corrected chi connectivity index (χ1v) is 21.8. The molecule has 13 nitrogen and oxygen atoms in total. The molecule has 0 amide bonds. The number of hydrogen-bond acceptors (Lipinski definition) is 15. The van der Waals surface area contributed by atoms with Gasteiger partial charge in [0.25, 0.3) is 11.8 Å². The molecule has 0 unspecified atom stereocenters. The maximum Gasteiger partial charge on any atom is 0.316 e. The van der Waals surface area contributed by atoms with Gasteiger partial charge in [-0.3, -0.25) is 0 Å². The van der Waals surface area contributed by atoms with Crippen molar-refractivity contribution in [1.82, 2.24) is 30.5 Å². The van der Waals surface area contributed by atoms with E-state index in [0.717, 1.165) is 38.8 Å². The molecule has 0 saturated carbocycles. The molecule has 0 radical (unpaired) electrons. The number of thiazole rings is 1. The van der Waals surface area contributed by atoms with Gasteiger partial charge in [-0.1, -0.05) is 47.4 Å². The SMILES string of the molecule is CCc1ccc(Nc2c(-c3nnc(NCc4cc(C)on4)o3)ccc(F)c2F)c(F)c1.CCc1ccc(Nc2c(-c3nnc(NCc4csc(-c5cccs5)n4)o3)ccc(F)c2F)c(F)c1. The van der Waals surface area contributed by atoms with Gasteiger partial charge in [-0.15, -0.1) is 32.9 Å². The van der Waals surface area contributed by atoms with Crippen LogP contribution in [0.1, 0.15) is 42.1 Å². The van der Waals surface area contributed by atoms with Crippen molar-refractivity contribution in [3.8, 4) is 32.8 Å². The number of aryl methyl sites for hydroxylation is 3. The molecule has 4 N–H and O–H groups in total. The van der Waals surface area contributed by atoms with Crippen molar-refractivity contribution in [2.75, 3.05) is 21.3 Å². The van der Waals surface area contributed by atoms with Crippen LogP contribution in [0.2, 0.25) is 0 Å². The van der Waals surface area contributed by atoms with Crippen LogP contribution in [0.5, 0.6) is 0 Å². The molecule has 0 bridgehead atoms. The topological polar surface area (TPSA) is 165 Å². The number of nitrogens with one attached hydrogen (secondary N) is 4. The summed E-state index contributed by atoms with van der Waals surface area (Å²) >= 11 is 3.14. The van der Waals surface area contributed by atoms with Crippen LogP contribution in [-0.2, 0) is 25.9 Å². The fourth-order valence-electron chi connectivity index (χ4n) is 6.27. The quantitative estimate of drug-likeness (QED) is 0.0718. The maximum absolute atomic E-state index is 14.7. The number of halogens is 6. The fraction of sp³-hybridized carbons (Fsp3) is 0.156. The molecule has 0 spiro atoms. The molecular weight excluding hydrogens is 907 g/mol. The predicted molar refractivity (Wildman–Crippen MR) is 239 cm³/mol. The summed E-state index contributed by atoms with van der Waals surface area (Å²) in [6, 6.07) is 19.3. The first kappa shape index (κ1) is 45.1. The number of benzene rings is 4. The van der Waals surface area contributed by atoms with Gasteiger partial charge < -0.3 is 34.6 Å². The summed E-state index contributed by atoms with van der Waals surface area (Å²) in [7, 11) is 0. The standard InChI is InChI=1S/C24H18F3N5OS2.C21H18F3N5O2/c1-2-13-5-8-18(17(26)10-13)30-21-15(6-7-16(25)20(21)27)22-31-32-24(33-22)28-11-14-12-35-23(29-14)19-4-3-9-34-19;1-3-12-4-7-17(16(23)9-12)26-19-14(5-6-15(22)18(19)24)20-27-28-21(30-20)25-10-13-8-11(2)31-29-13/h3-10,12,30H,2,11H2,1H3,(H,28,32);4-9,26H,3,10H2,1-2H3,(H,25,28). The third kappa shape index (κ3) is 10.4. The number of hydrogen-bond donors (Lipinski definition) is 4. The summed E-state index contributed by atoms with van der Waals surface area (Å²) in [5, 5.41) is 35.4. The number of rotatable bonds is 15. The molecule has 0 aliphatic carbocycles. The van der Waals surface area contributed by atoms with E-state index in [1.807, 2.05) is 36.7 Å². The highest BCUT2D eigenvalue weighted by molar-refractivity contribution is 7.20. The lowest BCUT2D eigenvalue weighted by molar-refractivity contribution is 0.391. The van der Waals surface area contributed by atoms with Crippen molar-refractivity contribution in [1.29, 1.82) is 0 Å². The summed E-state index contributed by atoms with van der Waals surface area (Å²) in [5.41, 5.74) is 2.51. The molecule has 0 saturated heterocycles. The molecule has 21 heteroatoms. The average molecular weight is 943 g/mol. The van der Waals surface area contributed by atoms with E-state index in [2.05, 4.69) is 51.8 Å². The Hall–Kier alpha value is -7.52. The Morgan fingerprint density at radius 3 is 1.61 bits per heavy atom. The number of nitrogens with zero attached hydrogens (tertiary/aromatic N) is 6. The Morgan fingerprint density at radius 2 is 1.14 bits per heavy atom. The third-order valence-electron chi connectivity index (χ3n) is 9.71. The molecule has 4 aromatic carbocycles. The zero-order chi connectivity index (χ0) is 46.3. The van der Waals surface area contributed by atoms with Crippen molar-refractivity contribution in [3.05, 3.63) is 153 Å². The fourth-order valence-corrected chi connectivity index (χ4v) is 7.91. The maximum atomic E-state index is 14.7. The molecular formula is C45H36F6N10O3S2. The van der Waals surface area contributed by atoms with Crippen molar-refractivity contribution < 1.29 is 39.7 Å². The summed E-state index contributed by atoms with van der Waals surface area (Å²) in [5.74, 6) is -5.23. The normalized spacial score (nSPS) is 11.0. The van der Waals surface area contributed by atoms with Crippen molar-refractivity contribution in [3.63, 3.8) is 0 Å². The van der Waals surface area contributed by atoms with Crippen LogP contribution in [0.3, 0.4) is 0 Å². The van der Waals surface area contributed by atoms with E-state index in [-0.39, 0.29) is 64.2 Å². The number of aromatic nitrogens is 6. The third-order valence-corrected chi connectivity index (χ3v) is 11.6. The minimum atomic E-state index is -1.19. The van der Waals surface area contributed by atoms with Crippen LogP contribution >= 0.6 is 22.7 Å². The van der Waals surface area contributed by atoms with Crippen LogP contribution in [0.25, 0.3) is 32.8 Å². The van der Waals surface area contributed by atoms with Gasteiger partial charge in [0.15, 0.2) is 23.3 Å². The molecule has 5 heterocycles. The van der Waals surface area contributed by atoms with Gasteiger partial charge in [0.2, 0.25) is 0 Å². The lowest BCUT2D eigenvalue weighted by Crippen LogP contribution is -2.02. The first-order valence-electron chi connectivity index (χ1n) is 20.1. The number of thiophene rings is 1. The second-order valence-electron chi connectivity index (χ2n) is 14.2. The van der Waals surface area contributed by atoms with Crippen LogP contribution in [-0.4, -0.2) is 30.5 Å². The summed E-state index contributed by atoms with van der Waals surface area (Å²) in [6.07, 6.45) is 1.28. The van der Waals surface area contributed by atoms with Crippen molar-refractivity contribution >= 4 is 57.5 Å². The Labute approximate surface area is 380 Å². The van der Waals surface area contributed by atoms with E-state index < -0.39 is 34.9 Å². The summed E-state index contributed by atoms with van der Waals surface area (Å²) in [6.45, 7) is 6.14. The zero-order valence-electron chi connectivity index (χ0n) is 35.0. The van der Waals surface area contributed by atoms with Crippen molar-refractivity contribution in [2.45, 2.75) is 46.7 Å². The van der Waals surface area contributed by atoms with Crippen LogP contribution in [0.4, 0.5) is 61.1 Å². The largest absolute Gasteiger partial charge is 0.403 e. The summed E-state index contributed by atoms with van der Waals surface area (Å²) < 4.78 is 102. The molecule has 66 heavy (non-hydrogen) atoms. The van der Waals surface area contributed by atoms with E-state index >= 15 is 0 Å². The number of anilines is 6. The zero-order valence-corrected chi connectivity index (χ0v) is 36.6. The highest BCUT2D eigenvalue weighted by atomic mass is 32.1. The molecule has 0 fully saturated rings. The highest BCUT2D eigenvalue weighted by Crippen LogP contribution is 2.37. The molecule has 338 valence electrons. The van der Waals surface area contributed by atoms with E-state index in [0.29, 0.717) is 30.8 Å². The van der Waals surface area contributed by atoms with Crippen LogP contribution < -0.4 is 21.3 Å². The van der Waals surface area contributed by atoms with Crippen LogP contribution in [0.15, 0.2) is 103 Å². The Bertz CT molecular complexity index is 3100. The van der Waals surface area contributed by atoms with Gasteiger partial charge in [-0.25, -0.2) is 31.3 Å². The minimum absolute atomic E-state index is 0.00380. The van der Waals surface area contributed by atoms with E-state index in [1.54, 1.807) is 36.5 Å². The average Bonchev–Trinajstić information content (AvgIpc) is 4.19. The predicted octanol–water partition coefficient (Wildman–Crippen LogP) is 12.6. The molecule has 5 aromatic heterocycles. The van der Waals surface area contributed by atoms with Gasteiger partial charge >= 0.3 is 12.0 Å². The molecule has 0 atom stereocenters. The Kier molecular flexibility index (Phi) is 13.7. The highest BCUT2D eigenvalue weighted by Gasteiger charge is 2.23. The second-order valence-corrected chi connectivity index (χ2v) is 16.0. The Balaban J connectivity index is 0.000000181. The lowest BCUT2D eigenvalue weighted by atomic mass is 10.1. The molecule has 9 aromatic rings. The molecule has 0 aliphatic rings. The van der Waals surface area contributed by atoms with E-state index in [1.165, 1.54) is 47.7 Å².